The Balaban J connectivity index is 2.43. The molecule has 0 bridgehead atoms. The maximum atomic E-state index is 13.6. The first kappa shape index (κ1) is 14.8. The average Bonchev–Trinajstić information content (AvgIpc) is 2.42. The van der Waals surface area contributed by atoms with E-state index in [1.165, 1.54) is 5.56 Å². The van der Waals surface area contributed by atoms with E-state index in [9.17, 15) is 8.78 Å². The second-order valence-corrected chi connectivity index (χ2v) is 4.94. The van der Waals surface area contributed by atoms with Gasteiger partial charge in [-0.15, -0.1) is 6.42 Å². The van der Waals surface area contributed by atoms with Crippen LogP contribution in [0.4, 0.5) is 8.78 Å². The molecule has 2 rings (SSSR count). The highest BCUT2D eigenvalue weighted by Crippen LogP contribution is 2.16. The van der Waals surface area contributed by atoms with Crippen LogP contribution in [0.25, 0.3) is 0 Å². The fourth-order valence-corrected chi connectivity index (χ4v) is 2.04. The van der Waals surface area contributed by atoms with E-state index in [0.29, 0.717) is 0 Å². The number of benzene rings is 2. The van der Waals surface area contributed by atoms with Crippen LogP contribution in [-0.2, 0) is 0 Å². The lowest BCUT2D eigenvalue weighted by Crippen LogP contribution is -1.92. The molecule has 0 aliphatic rings. The van der Waals surface area contributed by atoms with Crippen molar-refractivity contribution in [1.82, 2.24) is 0 Å². The average molecular weight is 280 g/mol. The van der Waals surface area contributed by atoms with E-state index in [1.54, 1.807) is 0 Å². The third-order valence-corrected chi connectivity index (χ3v) is 3.46. The van der Waals surface area contributed by atoms with E-state index < -0.39 is 11.6 Å². The van der Waals surface area contributed by atoms with Gasteiger partial charge in [0.05, 0.1) is 5.56 Å². The number of halogens is 2. The van der Waals surface area contributed by atoms with Gasteiger partial charge in [-0.3, -0.25) is 0 Å². The van der Waals surface area contributed by atoms with Crippen LogP contribution in [0, 0.1) is 56.6 Å². The number of hydrogen-bond donors (Lipinski definition) is 0. The molecule has 104 valence electrons. The predicted octanol–water partition coefficient (Wildman–Crippen LogP) is 4.27. The summed E-state index contributed by atoms with van der Waals surface area (Å²) in [4.78, 5) is 0. The van der Waals surface area contributed by atoms with Crippen molar-refractivity contribution in [1.29, 1.82) is 0 Å². The van der Waals surface area contributed by atoms with Gasteiger partial charge in [-0.05, 0) is 61.7 Å². The smallest absolute Gasteiger partial charge is 0.143 e. The summed E-state index contributed by atoms with van der Waals surface area (Å²) in [5.41, 5.74) is 4.22. The van der Waals surface area contributed by atoms with E-state index in [0.717, 1.165) is 28.8 Å². The second-order valence-electron chi connectivity index (χ2n) is 4.94. The lowest BCUT2D eigenvalue weighted by atomic mass is 10.0. The van der Waals surface area contributed by atoms with Crippen molar-refractivity contribution in [2.75, 3.05) is 0 Å². The summed E-state index contributed by atoms with van der Waals surface area (Å²) in [6, 6.07) is 6.22. The molecule has 0 atom stereocenters. The first-order valence-electron chi connectivity index (χ1n) is 6.48. The molecule has 0 aromatic heterocycles. The number of rotatable bonds is 0. The van der Waals surface area contributed by atoms with E-state index in [2.05, 4.69) is 11.8 Å². The molecule has 0 fully saturated rings. The zero-order valence-corrected chi connectivity index (χ0v) is 12.1. The summed E-state index contributed by atoms with van der Waals surface area (Å²) in [7, 11) is 0. The minimum absolute atomic E-state index is 0.264. The van der Waals surface area contributed by atoms with Crippen molar-refractivity contribution < 1.29 is 8.78 Å². The largest absolute Gasteiger partial charge is 0.205 e. The van der Waals surface area contributed by atoms with E-state index in [1.807, 2.05) is 38.8 Å². The van der Waals surface area contributed by atoms with Crippen molar-refractivity contribution in [3.05, 3.63) is 69.3 Å². The molecule has 0 heterocycles. The van der Waals surface area contributed by atoms with Crippen LogP contribution in [0.5, 0.6) is 0 Å². The van der Waals surface area contributed by atoms with Gasteiger partial charge in [0.15, 0.2) is 0 Å². The Morgan fingerprint density at radius 2 is 1.24 bits per heavy atom. The van der Waals surface area contributed by atoms with Crippen molar-refractivity contribution in [3.63, 3.8) is 0 Å². The minimum atomic E-state index is -0.766. The quantitative estimate of drug-likeness (QED) is 0.632. The molecule has 0 saturated carbocycles. The van der Waals surface area contributed by atoms with Gasteiger partial charge >= 0.3 is 0 Å². The standard InChI is InChI=1S/C19H14F2/c1-5-17-18(20)10-16(11-19(17)21)7-6-15-8-12(2)14(4)13(3)9-15/h1,8-11H,2-4H3. The van der Waals surface area contributed by atoms with Gasteiger partial charge in [-0.1, -0.05) is 17.8 Å². The lowest BCUT2D eigenvalue weighted by Gasteiger charge is -2.04. The van der Waals surface area contributed by atoms with Crippen molar-refractivity contribution in [3.8, 4) is 24.2 Å². The van der Waals surface area contributed by atoms with Crippen LogP contribution in [-0.4, -0.2) is 0 Å². The molecule has 0 aliphatic carbocycles. The summed E-state index contributed by atoms with van der Waals surface area (Å²) in [5, 5.41) is 0. The number of aryl methyl sites for hydroxylation is 2. The van der Waals surface area contributed by atoms with Crippen LogP contribution in [0.1, 0.15) is 33.4 Å². The van der Waals surface area contributed by atoms with Crippen molar-refractivity contribution in [2.24, 2.45) is 0 Å². The molecule has 2 aromatic rings. The summed E-state index contributed by atoms with van der Waals surface area (Å²) in [6.45, 7) is 6.06. The summed E-state index contributed by atoms with van der Waals surface area (Å²) < 4.78 is 27.1. The highest BCUT2D eigenvalue weighted by atomic mass is 19.1. The summed E-state index contributed by atoms with van der Waals surface area (Å²) in [6.07, 6.45) is 5.05. The molecular formula is C19H14F2. The Morgan fingerprint density at radius 3 is 1.67 bits per heavy atom. The Hall–Kier alpha value is -2.58. The van der Waals surface area contributed by atoms with Gasteiger partial charge in [0.2, 0.25) is 0 Å². The van der Waals surface area contributed by atoms with Gasteiger partial charge in [-0.25, -0.2) is 8.78 Å². The first-order valence-corrected chi connectivity index (χ1v) is 6.48. The van der Waals surface area contributed by atoms with Crippen molar-refractivity contribution >= 4 is 0 Å². The number of hydrogen-bond acceptors (Lipinski definition) is 0. The maximum absolute atomic E-state index is 13.6. The molecule has 2 aromatic carbocycles. The fourth-order valence-electron chi connectivity index (χ4n) is 2.04. The lowest BCUT2D eigenvalue weighted by molar-refractivity contribution is 0.577. The molecule has 0 radical (unpaired) electrons. The normalized spacial score (nSPS) is 9.71. The molecule has 2 heteroatoms. The van der Waals surface area contributed by atoms with E-state index in [-0.39, 0.29) is 11.1 Å². The predicted molar refractivity (Wildman–Crippen MR) is 80.9 cm³/mol. The summed E-state index contributed by atoms with van der Waals surface area (Å²) in [5.74, 6) is 6.15. The first-order chi connectivity index (χ1) is 9.92. The summed E-state index contributed by atoms with van der Waals surface area (Å²) >= 11 is 0. The molecule has 0 spiro atoms. The zero-order chi connectivity index (χ0) is 15.6. The Morgan fingerprint density at radius 1 is 0.810 bits per heavy atom. The van der Waals surface area contributed by atoms with Gasteiger partial charge in [-0.2, -0.15) is 0 Å². The van der Waals surface area contributed by atoms with Crippen molar-refractivity contribution in [2.45, 2.75) is 20.8 Å². The third kappa shape index (κ3) is 3.12. The zero-order valence-electron chi connectivity index (χ0n) is 12.1. The molecular weight excluding hydrogens is 266 g/mol. The second kappa shape index (κ2) is 5.81. The maximum Gasteiger partial charge on any atom is 0.143 e. The van der Waals surface area contributed by atoms with Gasteiger partial charge in [0, 0.05) is 11.1 Å². The fraction of sp³-hybridized carbons (Fsp3) is 0.158. The molecule has 0 aliphatic heterocycles. The molecule has 21 heavy (non-hydrogen) atoms. The topological polar surface area (TPSA) is 0 Å². The van der Waals surface area contributed by atoms with Crippen LogP contribution >= 0.6 is 0 Å². The Kier molecular flexibility index (Phi) is 4.10. The van der Waals surface area contributed by atoms with Crippen LogP contribution in [0.2, 0.25) is 0 Å². The SMILES string of the molecule is C#Cc1c(F)cc(C#Cc2cc(C)c(C)c(C)c2)cc1F. The van der Waals surface area contributed by atoms with E-state index >= 15 is 0 Å². The Bertz CT molecular complexity index is 766. The molecule has 0 amide bonds. The van der Waals surface area contributed by atoms with Gasteiger partial charge < -0.3 is 0 Å². The van der Waals surface area contributed by atoms with E-state index in [4.69, 9.17) is 6.42 Å². The van der Waals surface area contributed by atoms with Gasteiger partial charge in [0.1, 0.15) is 11.6 Å². The number of terminal acetylenes is 1. The molecule has 0 saturated heterocycles. The van der Waals surface area contributed by atoms with Crippen LogP contribution in [0.15, 0.2) is 24.3 Å². The molecule has 0 nitrogen and oxygen atoms in total. The Labute approximate surface area is 123 Å². The van der Waals surface area contributed by atoms with Crippen LogP contribution in [0.3, 0.4) is 0 Å². The highest BCUT2D eigenvalue weighted by molar-refractivity contribution is 5.49. The minimum Gasteiger partial charge on any atom is -0.205 e. The monoisotopic (exact) mass is 280 g/mol. The van der Waals surface area contributed by atoms with Gasteiger partial charge in [0.25, 0.3) is 0 Å². The molecule has 0 N–H and O–H groups in total. The van der Waals surface area contributed by atoms with Crippen LogP contribution < -0.4 is 0 Å². The third-order valence-electron chi connectivity index (χ3n) is 3.46. The molecule has 0 unspecified atom stereocenters. The highest BCUT2D eigenvalue weighted by Gasteiger charge is 2.07.